The van der Waals surface area contributed by atoms with E-state index in [1.807, 2.05) is 20.8 Å². The van der Waals surface area contributed by atoms with Crippen LogP contribution in [-0.2, 0) is 39.9 Å². The number of fused-ring (bicyclic) bond motifs is 1. The molecular formula is C23H36ClN6O6PS2. The van der Waals surface area contributed by atoms with E-state index in [0.29, 0.717) is 23.3 Å². The number of nitrogen functional groups attached to an aromatic ring is 1. The van der Waals surface area contributed by atoms with Gasteiger partial charge in [0, 0.05) is 11.2 Å². The Morgan fingerprint density at radius 2 is 2.03 bits per heavy atom. The fraction of sp³-hybridized carbons (Fsp3) is 0.696. The maximum Gasteiger partial charge on any atom is 0.323 e. The summed E-state index contributed by atoms with van der Waals surface area (Å²) in [5, 5.41) is 2.64. The van der Waals surface area contributed by atoms with Crippen molar-refractivity contribution in [2.45, 2.75) is 77.8 Å². The van der Waals surface area contributed by atoms with Gasteiger partial charge in [-0.1, -0.05) is 32.5 Å². The average molecular weight is 623 g/mol. The monoisotopic (exact) mass is 622 g/mol. The predicted octanol–water partition coefficient (Wildman–Crippen LogP) is 3.80. The summed E-state index contributed by atoms with van der Waals surface area (Å²) >= 11 is 13.5. The van der Waals surface area contributed by atoms with Crippen molar-refractivity contribution in [3.8, 4) is 0 Å². The Balaban J connectivity index is 1.65. The molecule has 1 saturated heterocycles. The molecule has 218 valence electrons. The van der Waals surface area contributed by atoms with Crippen LogP contribution in [0.1, 0.15) is 54.2 Å². The van der Waals surface area contributed by atoms with E-state index in [1.165, 1.54) is 6.33 Å². The van der Waals surface area contributed by atoms with E-state index in [0.717, 1.165) is 11.8 Å². The molecule has 0 bridgehead atoms. The zero-order chi connectivity index (χ0) is 29.0. The van der Waals surface area contributed by atoms with E-state index < -0.39 is 41.8 Å². The van der Waals surface area contributed by atoms with Crippen molar-refractivity contribution < 1.29 is 28.1 Å². The molecule has 2 unspecified atom stereocenters. The Bertz CT molecular complexity index is 1210. The number of nitrogens with zero attached hydrogens (tertiary/aromatic N) is 4. The van der Waals surface area contributed by atoms with Crippen molar-refractivity contribution in [3.05, 3.63) is 12.7 Å². The lowest BCUT2D eigenvalue weighted by Gasteiger charge is -2.27. The molecule has 0 saturated carbocycles. The molecule has 3 N–H and O–H groups in total. The van der Waals surface area contributed by atoms with Gasteiger partial charge in [-0.15, -0.1) is 11.6 Å². The summed E-state index contributed by atoms with van der Waals surface area (Å²) in [5.74, 6) is 0.170. The van der Waals surface area contributed by atoms with Crippen LogP contribution in [0.4, 0.5) is 5.82 Å². The smallest absolute Gasteiger partial charge is 0.323 e. The number of nitrogens with two attached hydrogens (primary N) is 1. The van der Waals surface area contributed by atoms with Crippen LogP contribution in [0.2, 0.25) is 0 Å². The highest BCUT2D eigenvalue weighted by Gasteiger charge is 2.38. The number of carbonyl (C=O) groups excluding carboxylic acids is 2. The topological polar surface area (TPSA) is 153 Å². The lowest BCUT2D eigenvalue weighted by atomic mass is 10.00. The second-order valence-corrected chi connectivity index (χ2v) is 15.2. The van der Waals surface area contributed by atoms with Crippen molar-refractivity contribution in [1.29, 1.82) is 0 Å². The highest BCUT2D eigenvalue weighted by molar-refractivity contribution is 8.13. The number of imidazole rings is 1. The summed E-state index contributed by atoms with van der Waals surface area (Å²) in [7, 11) is 0. The number of nitrogens with one attached hydrogen (secondary N) is 1. The molecule has 12 nitrogen and oxygen atoms in total. The first kappa shape index (κ1) is 32.1. The molecule has 39 heavy (non-hydrogen) atoms. The lowest BCUT2D eigenvalue weighted by Crippen LogP contribution is -2.36. The summed E-state index contributed by atoms with van der Waals surface area (Å²) < 4.78 is 25.2. The molecular weight excluding hydrogens is 587 g/mol. The van der Waals surface area contributed by atoms with Crippen LogP contribution in [-0.4, -0.2) is 73.2 Å². The molecule has 3 rings (SSSR count). The van der Waals surface area contributed by atoms with Crippen LogP contribution >= 0.6 is 30.0 Å². The maximum absolute atomic E-state index is 12.4. The van der Waals surface area contributed by atoms with Crippen LogP contribution in [0.3, 0.4) is 0 Å². The quantitative estimate of drug-likeness (QED) is 0.153. The highest BCUT2D eigenvalue weighted by Crippen LogP contribution is 2.46. The molecule has 0 spiro atoms. The summed E-state index contributed by atoms with van der Waals surface area (Å²) in [5.41, 5.74) is 6.40. The SMILES string of the molecule is CC(C)OC(=O)C(C)NP(=S)(OCCSC(=O)C(C)(C)C)OC[C@@H]1C[C@H](Cl)[C@H](n2cnc3c(N)ncnc32)O1. The Labute approximate surface area is 242 Å². The molecule has 1 fully saturated rings. The normalized spacial score (nSPS) is 22.2. The Kier molecular flexibility index (Phi) is 11.1. The number of anilines is 1. The van der Waals surface area contributed by atoms with E-state index in [-0.39, 0.29) is 30.3 Å². The zero-order valence-electron chi connectivity index (χ0n) is 22.8. The number of alkyl halides is 1. The van der Waals surface area contributed by atoms with Crippen molar-refractivity contribution in [2.24, 2.45) is 5.41 Å². The van der Waals surface area contributed by atoms with Gasteiger partial charge in [-0.2, -0.15) is 0 Å². The van der Waals surface area contributed by atoms with Gasteiger partial charge in [0.2, 0.25) is 0 Å². The first-order valence-corrected chi connectivity index (χ1v) is 16.5. The molecule has 16 heteroatoms. The molecule has 0 radical (unpaired) electrons. The first-order chi connectivity index (χ1) is 18.2. The van der Waals surface area contributed by atoms with Crippen LogP contribution in [0.5, 0.6) is 0 Å². The number of carbonyl (C=O) groups is 2. The lowest BCUT2D eigenvalue weighted by molar-refractivity contribution is -0.149. The maximum atomic E-state index is 12.4. The van der Waals surface area contributed by atoms with Crippen LogP contribution in [0.15, 0.2) is 12.7 Å². The molecule has 1 aliphatic rings. The van der Waals surface area contributed by atoms with Gasteiger partial charge in [0.25, 0.3) is 6.64 Å². The van der Waals surface area contributed by atoms with Crippen molar-refractivity contribution >= 4 is 69.9 Å². The van der Waals surface area contributed by atoms with Gasteiger partial charge >= 0.3 is 5.97 Å². The van der Waals surface area contributed by atoms with Crippen LogP contribution in [0.25, 0.3) is 11.2 Å². The number of aromatic nitrogens is 4. The van der Waals surface area contributed by atoms with E-state index >= 15 is 0 Å². The fourth-order valence-corrected chi connectivity index (χ4v) is 7.20. The minimum absolute atomic E-state index is 0.0414. The van der Waals surface area contributed by atoms with Gasteiger partial charge < -0.3 is 24.3 Å². The van der Waals surface area contributed by atoms with Crippen LogP contribution < -0.4 is 10.8 Å². The van der Waals surface area contributed by atoms with Gasteiger partial charge in [-0.25, -0.2) is 20.0 Å². The second-order valence-electron chi connectivity index (χ2n) is 10.3. The number of hydrogen-bond donors (Lipinski definition) is 2. The van der Waals surface area contributed by atoms with Gasteiger partial charge in [0.15, 0.2) is 22.8 Å². The largest absolute Gasteiger partial charge is 0.462 e. The van der Waals surface area contributed by atoms with Gasteiger partial charge in [-0.05, 0) is 39.0 Å². The predicted molar refractivity (Wildman–Crippen MR) is 155 cm³/mol. The molecule has 2 aromatic heterocycles. The summed E-state index contributed by atoms with van der Waals surface area (Å²) in [6.45, 7) is 7.74. The van der Waals surface area contributed by atoms with Crippen molar-refractivity contribution in [3.63, 3.8) is 0 Å². The number of ether oxygens (including phenoxy) is 2. The molecule has 0 amide bonds. The minimum Gasteiger partial charge on any atom is -0.462 e. The van der Waals surface area contributed by atoms with Crippen molar-refractivity contribution in [2.75, 3.05) is 24.7 Å². The Morgan fingerprint density at radius 3 is 2.69 bits per heavy atom. The van der Waals surface area contributed by atoms with E-state index in [2.05, 4.69) is 20.0 Å². The van der Waals surface area contributed by atoms with Crippen molar-refractivity contribution in [1.82, 2.24) is 24.6 Å². The molecule has 5 atom stereocenters. The Morgan fingerprint density at radius 1 is 1.31 bits per heavy atom. The standard InChI is InChI=1S/C23H36ClN6O6PS2/c1-13(2)35-21(31)14(3)29-37(38,33-7-8-39-22(32)23(4,5)6)34-10-15-9-16(24)20(36-15)30-12-28-17-18(25)26-11-27-19(17)30/h11-16,20H,7-10H2,1-6H3,(H,29,38)(H2,25,26,27)/t14?,15-,16-,20+,37?/m0/s1. The number of halogens is 1. The summed E-state index contributed by atoms with van der Waals surface area (Å²) in [6, 6.07) is -0.775. The van der Waals surface area contributed by atoms with E-state index in [9.17, 15) is 9.59 Å². The molecule has 0 aromatic carbocycles. The van der Waals surface area contributed by atoms with E-state index in [4.69, 9.17) is 47.7 Å². The molecule has 0 aliphatic carbocycles. The molecule has 3 heterocycles. The molecule has 2 aromatic rings. The summed E-state index contributed by atoms with van der Waals surface area (Å²) in [4.78, 5) is 37.2. The molecule has 1 aliphatic heterocycles. The van der Waals surface area contributed by atoms with Gasteiger partial charge in [0.05, 0.1) is 37.1 Å². The third kappa shape index (κ3) is 8.80. The second kappa shape index (κ2) is 13.5. The first-order valence-electron chi connectivity index (χ1n) is 12.5. The van der Waals surface area contributed by atoms with Gasteiger partial charge in [0.1, 0.15) is 17.9 Å². The fourth-order valence-electron chi connectivity index (χ4n) is 3.53. The number of esters is 1. The number of hydrogen-bond acceptors (Lipinski definition) is 12. The summed E-state index contributed by atoms with van der Waals surface area (Å²) in [6.07, 6.45) is 2.11. The Hall–Kier alpha value is -1.38. The van der Waals surface area contributed by atoms with Crippen LogP contribution in [0, 0.1) is 5.41 Å². The zero-order valence-corrected chi connectivity index (χ0v) is 26.1. The third-order valence-corrected chi connectivity index (χ3v) is 9.77. The third-order valence-electron chi connectivity index (χ3n) is 5.47. The average Bonchev–Trinajstić information content (AvgIpc) is 3.43. The minimum atomic E-state index is -3.19. The van der Waals surface area contributed by atoms with E-state index in [1.54, 1.807) is 31.7 Å². The number of rotatable bonds is 12. The highest BCUT2D eigenvalue weighted by atomic mass is 35.5. The number of thioether (sulfide) groups is 1. The van der Waals surface area contributed by atoms with Gasteiger partial charge in [-0.3, -0.25) is 14.2 Å².